The van der Waals surface area contributed by atoms with Gasteiger partial charge in [0.15, 0.2) is 0 Å². The highest BCUT2D eigenvalue weighted by Crippen LogP contribution is 2.18. The summed E-state index contributed by atoms with van der Waals surface area (Å²) in [6.45, 7) is 3.90. The summed E-state index contributed by atoms with van der Waals surface area (Å²) in [6, 6.07) is 3.16. The standard InChI is InChI=1S/C13H20ClN3O2/c1-4-13(2,5-6-18)17-12(19)9-7-10(14)16-11(8-9)15-3/h7-8,18H,4-6H2,1-3H3,(H,15,16)(H,17,19). The number of aliphatic hydroxyl groups excluding tert-OH is 1. The third-order valence-corrected chi connectivity index (χ3v) is 3.37. The van der Waals surface area contributed by atoms with Crippen LogP contribution in [0.1, 0.15) is 37.0 Å². The first-order valence-corrected chi connectivity index (χ1v) is 6.60. The van der Waals surface area contributed by atoms with E-state index in [2.05, 4.69) is 15.6 Å². The van der Waals surface area contributed by atoms with Crippen LogP contribution >= 0.6 is 11.6 Å². The van der Waals surface area contributed by atoms with Crippen LogP contribution in [0.5, 0.6) is 0 Å². The van der Waals surface area contributed by atoms with E-state index in [1.54, 1.807) is 13.1 Å². The molecule has 0 saturated carbocycles. The van der Waals surface area contributed by atoms with Crippen molar-refractivity contribution < 1.29 is 9.90 Å². The van der Waals surface area contributed by atoms with Gasteiger partial charge in [0.1, 0.15) is 11.0 Å². The fourth-order valence-electron chi connectivity index (χ4n) is 1.68. The van der Waals surface area contributed by atoms with Gasteiger partial charge in [-0.15, -0.1) is 0 Å². The average molecular weight is 286 g/mol. The molecule has 0 saturated heterocycles. The zero-order valence-electron chi connectivity index (χ0n) is 11.5. The first kappa shape index (κ1) is 15.7. The monoisotopic (exact) mass is 285 g/mol. The van der Waals surface area contributed by atoms with Crippen LogP contribution in [-0.2, 0) is 0 Å². The molecule has 1 amide bonds. The lowest BCUT2D eigenvalue weighted by Gasteiger charge is -2.29. The topological polar surface area (TPSA) is 74.2 Å². The molecule has 0 bridgehead atoms. The molecule has 1 aromatic heterocycles. The number of anilines is 1. The third-order valence-electron chi connectivity index (χ3n) is 3.17. The Balaban J connectivity index is 2.91. The van der Waals surface area contributed by atoms with Crippen molar-refractivity contribution in [1.29, 1.82) is 0 Å². The number of nitrogens with zero attached hydrogens (tertiary/aromatic N) is 1. The Labute approximate surface area is 118 Å². The summed E-state index contributed by atoms with van der Waals surface area (Å²) in [5.74, 6) is 0.316. The Morgan fingerprint density at radius 1 is 1.53 bits per heavy atom. The van der Waals surface area contributed by atoms with Crippen LogP contribution < -0.4 is 10.6 Å². The molecule has 3 N–H and O–H groups in total. The number of hydrogen-bond donors (Lipinski definition) is 3. The second-order valence-corrected chi connectivity index (χ2v) is 5.04. The highest BCUT2D eigenvalue weighted by Gasteiger charge is 2.24. The lowest BCUT2D eigenvalue weighted by Crippen LogP contribution is -2.46. The SMILES string of the molecule is CCC(C)(CCO)NC(=O)c1cc(Cl)nc(NC)c1. The minimum atomic E-state index is -0.429. The average Bonchev–Trinajstić information content (AvgIpc) is 2.38. The summed E-state index contributed by atoms with van der Waals surface area (Å²) in [7, 11) is 1.71. The maximum Gasteiger partial charge on any atom is 0.251 e. The van der Waals surface area contributed by atoms with Crippen molar-refractivity contribution in [1.82, 2.24) is 10.3 Å². The van der Waals surface area contributed by atoms with Gasteiger partial charge >= 0.3 is 0 Å². The van der Waals surface area contributed by atoms with Gasteiger partial charge in [-0.3, -0.25) is 4.79 Å². The maximum atomic E-state index is 12.2. The minimum absolute atomic E-state index is 0.0312. The smallest absolute Gasteiger partial charge is 0.251 e. The zero-order chi connectivity index (χ0) is 14.5. The Hall–Kier alpha value is -1.33. The van der Waals surface area contributed by atoms with Crippen LogP contribution in [0.2, 0.25) is 5.15 Å². The summed E-state index contributed by atoms with van der Waals surface area (Å²) in [5.41, 5.74) is 0.0171. The molecule has 1 rings (SSSR count). The Bertz CT molecular complexity index is 454. The van der Waals surface area contributed by atoms with E-state index in [0.29, 0.717) is 17.8 Å². The van der Waals surface area contributed by atoms with Crippen molar-refractivity contribution in [3.8, 4) is 0 Å². The molecule has 0 fully saturated rings. The third kappa shape index (κ3) is 4.36. The summed E-state index contributed by atoms with van der Waals surface area (Å²) < 4.78 is 0. The van der Waals surface area contributed by atoms with Gasteiger partial charge in [0.2, 0.25) is 0 Å². The van der Waals surface area contributed by atoms with Gasteiger partial charge in [-0.05, 0) is 31.9 Å². The van der Waals surface area contributed by atoms with Crippen LogP contribution in [0.25, 0.3) is 0 Å². The zero-order valence-corrected chi connectivity index (χ0v) is 12.2. The van der Waals surface area contributed by atoms with Crippen LogP contribution in [0, 0.1) is 0 Å². The van der Waals surface area contributed by atoms with Crippen molar-refractivity contribution in [3.05, 3.63) is 22.8 Å². The predicted molar refractivity (Wildman–Crippen MR) is 76.7 cm³/mol. The van der Waals surface area contributed by atoms with Crippen LogP contribution in [0.4, 0.5) is 5.82 Å². The fourth-order valence-corrected chi connectivity index (χ4v) is 1.89. The van der Waals surface area contributed by atoms with E-state index in [1.165, 1.54) is 6.07 Å². The molecule has 19 heavy (non-hydrogen) atoms. The summed E-state index contributed by atoms with van der Waals surface area (Å²) >= 11 is 5.87. The molecule has 0 aliphatic carbocycles. The van der Waals surface area contributed by atoms with Gasteiger partial charge in [0.05, 0.1) is 0 Å². The number of halogens is 1. The van der Waals surface area contributed by atoms with Gasteiger partial charge in [-0.25, -0.2) is 4.98 Å². The van der Waals surface area contributed by atoms with E-state index in [4.69, 9.17) is 16.7 Å². The summed E-state index contributed by atoms with van der Waals surface area (Å²) in [4.78, 5) is 16.2. The number of rotatable bonds is 6. The summed E-state index contributed by atoms with van der Waals surface area (Å²) in [5, 5.41) is 15.1. The van der Waals surface area contributed by atoms with Crippen LogP contribution in [-0.4, -0.2) is 35.2 Å². The van der Waals surface area contributed by atoms with E-state index in [0.717, 1.165) is 6.42 Å². The van der Waals surface area contributed by atoms with Crippen molar-refractivity contribution >= 4 is 23.3 Å². The number of amides is 1. The Kier molecular flexibility index (Phi) is 5.57. The van der Waals surface area contributed by atoms with Gasteiger partial charge in [-0.2, -0.15) is 0 Å². The molecule has 5 nitrogen and oxygen atoms in total. The van der Waals surface area contributed by atoms with Gasteiger partial charge < -0.3 is 15.7 Å². The summed E-state index contributed by atoms with van der Waals surface area (Å²) in [6.07, 6.45) is 1.24. The second kappa shape index (κ2) is 6.73. The molecule has 0 spiro atoms. The number of carbonyl (C=O) groups excluding carboxylic acids is 1. The predicted octanol–water partition coefficient (Wildman–Crippen LogP) is 2.06. The molecule has 1 heterocycles. The van der Waals surface area contributed by atoms with Crippen LogP contribution in [0.3, 0.4) is 0 Å². The molecule has 0 radical (unpaired) electrons. The highest BCUT2D eigenvalue weighted by atomic mass is 35.5. The number of hydrogen-bond acceptors (Lipinski definition) is 4. The molecule has 0 aliphatic rings. The fraction of sp³-hybridized carbons (Fsp3) is 0.538. The van der Waals surface area contributed by atoms with E-state index >= 15 is 0 Å². The number of aliphatic hydroxyl groups is 1. The highest BCUT2D eigenvalue weighted by molar-refractivity contribution is 6.29. The van der Waals surface area contributed by atoms with E-state index < -0.39 is 5.54 Å². The first-order valence-electron chi connectivity index (χ1n) is 6.23. The Morgan fingerprint density at radius 3 is 2.74 bits per heavy atom. The quantitative estimate of drug-likeness (QED) is 0.700. The lowest BCUT2D eigenvalue weighted by molar-refractivity contribution is 0.0886. The van der Waals surface area contributed by atoms with Crippen molar-refractivity contribution in [2.24, 2.45) is 0 Å². The van der Waals surface area contributed by atoms with Crippen LogP contribution in [0.15, 0.2) is 12.1 Å². The number of carbonyl (C=O) groups is 1. The van der Waals surface area contributed by atoms with Crippen molar-refractivity contribution in [2.75, 3.05) is 19.0 Å². The molecule has 0 aromatic carbocycles. The molecule has 6 heteroatoms. The van der Waals surface area contributed by atoms with Gasteiger partial charge in [-0.1, -0.05) is 18.5 Å². The van der Waals surface area contributed by atoms with Gasteiger partial charge in [0.25, 0.3) is 5.91 Å². The number of nitrogens with one attached hydrogen (secondary N) is 2. The Morgan fingerprint density at radius 2 is 2.21 bits per heavy atom. The van der Waals surface area contributed by atoms with Gasteiger partial charge in [0, 0.05) is 24.8 Å². The maximum absolute atomic E-state index is 12.2. The molecule has 0 aliphatic heterocycles. The molecular formula is C13H20ClN3O2. The largest absolute Gasteiger partial charge is 0.396 e. The van der Waals surface area contributed by atoms with E-state index in [-0.39, 0.29) is 17.7 Å². The number of aromatic nitrogens is 1. The van der Waals surface area contributed by atoms with Crippen molar-refractivity contribution in [3.63, 3.8) is 0 Å². The minimum Gasteiger partial charge on any atom is -0.396 e. The second-order valence-electron chi connectivity index (χ2n) is 4.66. The molecule has 1 atom stereocenters. The lowest BCUT2D eigenvalue weighted by atomic mass is 9.94. The normalized spacial score (nSPS) is 13.7. The molecular weight excluding hydrogens is 266 g/mol. The molecule has 1 unspecified atom stereocenters. The molecule has 106 valence electrons. The van der Waals surface area contributed by atoms with E-state index in [1.807, 2.05) is 13.8 Å². The number of pyridine rings is 1. The molecule has 1 aromatic rings. The van der Waals surface area contributed by atoms with E-state index in [9.17, 15) is 4.79 Å². The van der Waals surface area contributed by atoms with Crippen molar-refractivity contribution in [2.45, 2.75) is 32.2 Å². The first-order chi connectivity index (χ1) is 8.94.